The third-order valence-corrected chi connectivity index (χ3v) is 3.35. The summed E-state index contributed by atoms with van der Waals surface area (Å²) in [6.45, 7) is 0.720. The van der Waals surface area contributed by atoms with E-state index in [9.17, 15) is 5.11 Å². The Kier molecular flexibility index (Phi) is 4.32. The Hall–Kier alpha value is -1.68. The average Bonchev–Trinajstić information content (AvgIpc) is 2.38. The topological polar surface area (TPSA) is 35.5 Å². The molecule has 0 spiro atoms. The minimum absolute atomic E-state index is 0.292. The molecule has 4 heteroatoms. The van der Waals surface area contributed by atoms with Gasteiger partial charge < -0.3 is 15.3 Å². The van der Waals surface area contributed by atoms with Gasteiger partial charge in [-0.3, -0.25) is 0 Å². The summed E-state index contributed by atoms with van der Waals surface area (Å²) >= 11 is 3.49. The van der Waals surface area contributed by atoms with E-state index in [0.29, 0.717) is 5.75 Å². The SMILES string of the molecule is CN(C)c1ccc(Br)cc1NCc1ccc(O)cc1. The summed E-state index contributed by atoms with van der Waals surface area (Å²) in [5.74, 6) is 0.292. The fraction of sp³-hybridized carbons (Fsp3) is 0.200. The third kappa shape index (κ3) is 3.64. The molecule has 2 N–H and O–H groups in total. The zero-order valence-corrected chi connectivity index (χ0v) is 12.6. The van der Waals surface area contributed by atoms with Crippen LogP contribution in [0.1, 0.15) is 5.56 Å². The van der Waals surface area contributed by atoms with Gasteiger partial charge in [-0.1, -0.05) is 28.1 Å². The van der Waals surface area contributed by atoms with Gasteiger partial charge in [0.1, 0.15) is 5.75 Å². The first-order valence-corrected chi connectivity index (χ1v) is 6.84. The minimum Gasteiger partial charge on any atom is -0.508 e. The second-order valence-electron chi connectivity index (χ2n) is 4.58. The zero-order valence-electron chi connectivity index (χ0n) is 11.0. The quantitative estimate of drug-likeness (QED) is 0.898. The van der Waals surface area contributed by atoms with Gasteiger partial charge in [-0.2, -0.15) is 0 Å². The van der Waals surface area contributed by atoms with Gasteiger partial charge in [-0.25, -0.2) is 0 Å². The van der Waals surface area contributed by atoms with Crippen LogP contribution in [0, 0.1) is 0 Å². The number of hydrogen-bond acceptors (Lipinski definition) is 3. The van der Waals surface area contributed by atoms with Crippen molar-refractivity contribution in [1.82, 2.24) is 0 Å². The highest BCUT2D eigenvalue weighted by Crippen LogP contribution is 2.28. The molecule has 0 aliphatic carbocycles. The first-order chi connectivity index (χ1) is 9.06. The molecule has 0 atom stereocenters. The van der Waals surface area contributed by atoms with Crippen LogP contribution in [0.4, 0.5) is 11.4 Å². The van der Waals surface area contributed by atoms with Crippen molar-refractivity contribution < 1.29 is 5.11 Å². The van der Waals surface area contributed by atoms with E-state index in [1.165, 1.54) is 0 Å². The van der Waals surface area contributed by atoms with Gasteiger partial charge in [-0.15, -0.1) is 0 Å². The second-order valence-corrected chi connectivity index (χ2v) is 5.49. The van der Waals surface area contributed by atoms with Crippen molar-refractivity contribution in [3.8, 4) is 5.75 Å². The summed E-state index contributed by atoms with van der Waals surface area (Å²) in [6.07, 6.45) is 0. The lowest BCUT2D eigenvalue weighted by molar-refractivity contribution is 0.475. The highest BCUT2D eigenvalue weighted by Gasteiger charge is 2.05. The standard InChI is InChI=1S/C15H17BrN2O/c1-18(2)15-8-5-12(16)9-14(15)17-10-11-3-6-13(19)7-4-11/h3-9,17,19H,10H2,1-2H3. The number of halogens is 1. The van der Waals surface area contributed by atoms with Gasteiger partial charge >= 0.3 is 0 Å². The summed E-state index contributed by atoms with van der Waals surface area (Å²) in [7, 11) is 4.05. The van der Waals surface area contributed by atoms with E-state index in [2.05, 4.69) is 38.3 Å². The minimum atomic E-state index is 0.292. The molecule has 0 saturated heterocycles. The van der Waals surface area contributed by atoms with Crippen molar-refractivity contribution in [3.63, 3.8) is 0 Å². The fourth-order valence-electron chi connectivity index (χ4n) is 1.85. The first-order valence-electron chi connectivity index (χ1n) is 6.05. The van der Waals surface area contributed by atoms with Crippen LogP contribution < -0.4 is 10.2 Å². The molecule has 0 saturated carbocycles. The second kappa shape index (κ2) is 5.97. The molecule has 19 heavy (non-hydrogen) atoms. The number of phenolic OH excluding ortho intramolecular Hbond substituents is 1. The lowest BCUT2D eigenvalue weighted by Gasteiger charge is -2.19. The lowest BCUT2D eigenvalue weighted by Crippen LogP contribution is -2.12. The molecule has 0 aliphatic heterocycles. The molecule has 2 rings (SSSR count). The summed E-state index contributed by atoms with van der Waals surface area (Å²) in [5, 5.41) is 12.7. The predicted molar refractivity (Wildman–Crippen MR) is 83.9 cm³/mol. The molecule has 0 fully saturated rings. The number of benzene rings is 2. The van der Waals surface area contributed by atoms with E-state index in [1.54, 1.807) is 12.1 Å². The summed E-state index contributed by atoms with van der Waals surface area (Å²) in [5.41, 5.74) is 3.34. The highest BCUT2D eigenvalue weighted by atomic mass is 79.9. The first kappa shape index (κ1) is 13.7. The van der Waals surface area contributed by atoms with Gasteiger partial charge in [0.2, 0.25) is 0 Å². The molecule has 3 nitrogen and oxygen atoms in total. The molecular weight excluding hydrogens is 304 g/mol. The number of hydrogen-bond donors (Lipinski definition) is 2. The molecule has 0 radical (unpaired) electrons. The van der Waals surface area contributed by atoms with Gasteiger partial charge in [0.05, 0.1) is 11.4 Å². The predicted octanol–water partition coefficient (Wildman–Crippen LogP) is 3.83. The van der Waals surface area contributed by atoms with Crippen LogP contribution in [0.3, 0.4) is 0 Å². The van der Waals surface area contributed by atoms with Crippen LogP contribution in [-0.2, 0) is 6.54 Å². The molecule has 0 bridgehead atoms. The van der Waals surface area contributed by atoms with Crippen LogP contribution >= 0.6 is 15.9 Å². The van der Waals surface area contributed by atoms with Gasteiger partial charge in [0.15, 0.2) is 0 Å². The van der Waals surface area contributed by atoms with E-state index in [4.69, 9.17) is 0 Å². The van der Waals surface area contributed by atoms with Crippen LogP contribution in [0.2, 0.25) is 0 Å². The van der Waals surface area contributed by atoms with Gasteiger partial charge in [0.25, 0.3) is 0 Å². The maximum absolute atomic E-state index is 9.26. The molecule has 0 aliphatic rings. The van der Waals surface area contributed by atoms with E-state index < -0.39 is 0 Å². The molecule has 0 amide bonds. The van der Waals surface area contributed by atoms with Crippen LogP contribution in [0.5, 0.6) is 5.75 Å². The molecular formula is C15H17BrN2O. The number of nitrogens with zero attached hydrogens (tertiary/aromatic N) is 1. The van der Waals surface area contributed by atoms with E-state index >= 15 is 0 Å². The lowest BCUT2D eigenvalue weighted by atomic mass is 10.2. The van der Waals surface area contributed by atoms with Crippen molar-refractivity contribution in [3.05, 3.63) is 52.5 Å². The molecule has 0 aromatic heterocycles. The van der Waals surface area contributed by atoms with E-state index in [0.717, 1.165) is 28.0 Å². The van der Waals surface area contributed by atoms with Crippen molar-refractivity contribution in [2.24, 2.45) is 0 Å². The molecule has 100 valence electrons. The molecule has 2 aromatic rings. The summed E-state index contributed by atoms with van der Waals surface area (Å²) in [4.78, 5) is 2.07. The zero-order chi connectivity index (χ0) is 13.8. The smallest absolute Gasteiger partial charge is 0.115 e. The Morgan fingerprint density at radius 3 is 2.42 bits per heavy atom. The molecule has 0 unspecified atom stereocenters. The number of aromatic hydroxyl groups is 1. The Morgan fingerprint density at radius 2 is 1.79 bits per heavy atom. The molecule has 2 aromatic carbocycles. The maximum Gasteiger partial charge on any atom is 0.115 e. The Balaban J connectivity index is 2.14. The average molecular weight is 321 g/mol. The third-order valence-electron chi connectivity index (χ3n) is 2.86. The van der Waals surface area contributed by atoms with Crippen LogP contribution in [-0.4, -0.2) is 19.2 Å². The van der Waals surface area contributed by atoms with Crippen molar-refractivity contribution in [2.75, 3.05) is 24.3 Å². The fourth-order valence-corrected chi connectivity index (χ4v) is 2.21. The Bertz CT molecular complexity index is 553. The maximum atomic E-state index is 9.26. The number of anilines is 2. The van der Waals surface area contributed by atoms with Crippen molar-refractivity contribution >= 4 is 27.3 Å². The molecule has 0 heterocycles. The van der Waals surface area contributed by atoms with E-state index in [-0.39, 0.29) is 0 Å². The largest absolute Gasteiger partial charge is 0.508 e. The Labute approximate surface area is 122 Å². The van der Waals surface area contributed by atoms with Crippen LogP contribution in [0.15, 0.2) is 46.9 Å². The summed E-state index contributed by atoms with van der Waals surface area (Å²) in [6, 6.07) is 13.4. The highest BCUT2D eigenvalue weighted by molar-refractivity contribution is 9.10. The van der Waals surface area contributed by atoms with Crippen molar-refractivity contribution in [2.45, 2.75) is 6.54 Å². The van der Waals surface area contributed by atoms with E-state index in [1.807, 2.05) is 32.3 Å². The summed E-state index contributed by atoms with van der Waals surface area (Å²) < 4.78 is 1.05. The monoisotopic (exact) mass is 320 g/mol. The number of phenols is 1. The van der Waals surface area contributed by atoms with Crippen LogP contribution in [0.25, 0.3) is 0 Å². The number of rotatable bonds is 4. The normalized spacial score (nSPS) is 10.3. The van der Waals surface area contributed by atoms with Gasteiger partial charge in [-0.05, 0) is 35.9 Å². The number of nitrogens with one attached hydrogen (secondary N) is 1. The van der Waals surface area contributed by atoms with Gasteiger partial charge in [0, 0.05) is 25.1 Å². The van der Waals surface area contributed by atoms with Crippen molar-refractivity contribution in [1.29, 1.82) is 0 Å². The Morgan fingerprint density at radius 1 is 1.11 bits per heavy atom.